The van der Waals surface area contributed by atoms with Crippen LogP contribution < -0.4 is 4.74 Å². The summed E-state index contributed by atoms with van der Waals surface area (Å²) in [7, 11) is 0. The quantitative estimate of drug-likeness (QED) is 0.707. The van der Waals surface area contributed by atoms with Crippen LogP contribution in [0.1, 0.15) is 38.3 Å². The molecule has 0 aliphatic heterocycles. The standard InChI is InChI=1S/C18H19ClN4O2/c1-18(2,24)10-25-15-5-3-4-14(21-15)23-13(11-6-7-11)8-12-9-20-17(19)22-16(12)23/h3-5,8-9,11,24H,6-7,10H2,1-2H3. The van der Waals surface area contributed by atoms with Gasteiger partial charge in [0.1, 0.15) is 12.4 Å². The Morgan fingerprint density at radius 1 is 1.32 bits per heavy atom. The topological polar surface area (TPSA) is 73.1 Å². The van der Waals surface area contributed by atoms with E-state index in [0.717, 1.165) is 29.7 Å². The van der Waals surface area contributed by atoms with Gasteiger partial charge in [0, 0.05) is 23.3 Å². The van der Waals surface area contributed by atoms with E-state index in [2.05, 4.69) is 21.0 Å². The molecule has 0 aromatic carbocycles. The predicted molar refractivity (Wildman–Crippen MR) is 95.4 cm³/mol. The molecule has 130 valence electrons. The van der Waals surface area contributed by atoms with Gasteiger partial charge in [0.25, 0.3) is 0 Å². The zero-order valence-corrected chi connectivity index (χ0v) is 14.9. The zero-order chi connectivity index (χ0) is 17.6. The van der Waals surface area contributed by atoms with Gasteiger partial charge in [-0.05, 0) is 56.3 Å². The highest BCUT2D eigenvalue weighted by Crippen LogP contribution is 2.43. The molecular formula is C18H19ClN4O2. The second kappa shape index (κ2) is 5.97. The van der Waals surface area contributed by atoms with E-state index in [9.17, 15) is 5.11 Å². The first-order valence-corrected chi connectivity index (χ1v) is 8.65. The van der Waals surface area contributed by atoms with Gasteiger partial charge < -0.3 is 9.84 Å². The van der Waals surface area contributed by atoms with Gasteiger partial charge in [0.2, 0.25) is 11.2 Å². The molecule has 0 bridgehead atoms. The molecule has 1 N–H and O–H groups in total. The maximum Gasteiger partial charge on any atom is 0.224 e. The normalized spacial score (nSPS) is 14.9. The summed E-state index contributed by atoms with van der Waals surface area (Å²) < 4.78 is 7.65. The van der Waals surface area contributed by atoms with Crippen molar-refractivity contribution in [3.63, 3.8) is 0 Å². The number of hydrogen-bond acceptors (Lipinski definition) is 5. The summed E-state index contributed by atoms with van der Waals surface area (Å²) in [6.07, 6.45) is 4.06. The van der Waals surface area contributed by atoms with Crippen molar-refractivity contribution in [2.75, 3.05) is 6.61 Å². The van der Waals surface area contributed by atoms with E-state index in [-0.39, 0.29) is 11.9 Å². The van der Waals surface area contributed by atoms with Crippen LogP contribution in [-0.4, -0.2) is 36.8 Å². The number of aromatic nitrogens is 4. The molecule has 0 atom stereocenters. The molecule has 6 nitrogen and oxygen atoms in total. The van der Waals surface area contributed by atoms with Crippen LogP contribution in [0.3, 0.4) is 0 Å². The van der Waals surface area contributed by atoms with E-state index in [4.69, 9.17) is 16.3 Å². The summed E-state index contributed by atoms with van der Waals surface area (Å²) in [6, 6.07) is 7.68. The monoisotopic (exact) mass is 358 g/mol. The molecule has 3 aromatic heterocycles. The molecule has 3 heterocycles. The molecule has 0 saturated heterocycles. The van der Waals surface area contributed by atoms with Crippen LogP contribution in [0.25, 0.3) is 16.9 Å². The number of halogens is 1. The zero-order valence-electron chi connectivity index (χ0n) is 14.1. The SMILES string of the molecule is CC(C)(O)COc1cccc(-n2c(C3CC3)cc3cnc(Cl)nc32)n1. The summed E-state index contributed by atoms with van der Waals surface area (Å²) in [6.45, 7) is 3.56. The van der Waals surface area contributed by atoms with Gasteiger partial charge in [-0.2, -0.15) is 9.97 Å². The Labute approximate surface area is 150 Å². The number of hydrogen-bond donors (Lipinski definition) is 1. The summed E-state index contributed by atoms with van der Waals surface area (Å²) in [5, 5.41) is 11.0. The third kappa shape index (κ3) is 3.45. The van der Waals surface area contributed by atoms with E-state index in [1.54, 1.807) is 26.1 Å². The first kappa shape index (κ1) is 16.3. The maximum absolute atomic E-state index is 9.84. The molecule has 1 aliphatic rings. The van der Waals surface area contributed by atoms with Gasteiger partial charge in [0.05, 0.1) is 5.60 Å². The molecule has 1 saturated carbocycles. The Kier molecular flexibility index (Phi) is 3.89. The smallest absolute Gasteiger partial charge is 0.224 e. The van der Waals surface area contributed by atoms with E-state index >= 15 is 0 Å². The lowest BCUT2D eigenvalue weighted by molar-refractivity contribution is 0.0268. The Bertz CT molecular complexity index is 928. The lowest BCUT2D eigenvalue weighted by Gasteiger charge is -2.17. The van der Waals surface area contributed by atoms with Gasteiger partial charge in [-0.25, -0.2) is 4.98 Å². The van der Waals surface area contributed by atoms with Gasteiger partial charge in [-0.15, -0.1) is 0 Å². The van der Waals surface area contributed by atoms with Gasteiger partial charge in [-0.1, -0.05) is 6.07 Å². The largest absolute Gasteiger partial charge is 0.475 e. The fourth-order valence-corrected chi connectivity index (χ4v) is 2.90. The average molecular weight is 359 g/mol. The molecule has 0 amide bonds. The third-order valence-electron chi connectivity index (χ3n) is 4.05. The van der Waals surface area contributed by atoms with Crippen LogP contribution in [0.15, 0.2) is 30.5 Å². The number of rotatable bonds is 5. The lowest BCUT2D eigenvalue weighted by Crippen LogP contribution is -2.28. The van der Waals surface area contributed by atoms with Crippen LogP contribution in [0.5, 0.6) is 5.88 Å². The van der Waals surface area contributed by atoms with Crippen molar-refractivity contribution in [1.29, 1.82) is 0 Å². The van der Waals surface area contributed by atoms with Crippen molar-refractivity contribution >= 4 is 22.6 Å². The Morgan fingerprint density at radius 2 is 2.12 bits per heavy atom. The summed E-state index contributed by atoms with van der Waals surface area (Å²) >= 11 is 6.01. The fraction of sp³-hybridized carbons (Fsp3) is 0.389. The number of fused-ring (bicyclic) bond motifs is 1. The van der Waals surface area contributed by atoms with E-state index in [0.29, 0.717) is 11.8 Å². The molecule has 25 heavy (non-hydrogen) atoms. The van der Waals surface area contributed by atoms with Crippen molar-refractivity contribution in [1.82, 2.24) is 19.5 Å². The fourth-order valence-electron chi connectivity index (χ4n) is 2.77. The van der Waals surface area contributed by atoms with Crippen LogP contribution in [0.4, 0.5) is 0 Å². The van der Waals surface area contributed by atoms with E-state index in [1.165, 1.54) is 5.69 Å². The van der Waals surface area contributed by atoms with Crippen molar-refractivity contribution in [3.05, 3.63) is 41.4 Å². The number of nitrogens with zero attached hydrogens (tertiary/aromatic N) is 4. The van der Waals surface area contributed by atoms with Crippen molar-refractivity contribution in [3.8, 4) is 11.7 Å². The van der Waals surface area contributed by atoms with Gasteiger partial charge in [0.15, 0.2) is 5.65 Å². The van der Waals surface area contributed by atoms with Crippen molar-refractivity contribution < 1.29 is 9.84 Å². The number of pyridine rings is 1. The molecule has 1 fully saturated rings. The molecular weight excluding hydrogens is 340 g/mol. The highest BCUT2D eigenvalue weighted by atomic mass is 35.5. The molecule has 0 unspecified atom stereocenters. The molecule has 1 aliphatic carbocycles. The number of ether oxygens (including phenoxy) is 1. The highest BCUT2D eigenvalue weighted by Gasteiger charge is 2.29. The van der Waals surface area contributed by atoms with E-state index < -0.39 is 5.60 Å². The highest BCUT2D eigenvalue weighted by molar-refractivity contribution is 6.28. The van der Waals surface area contributed by atoms with Gasteiger partial charge in [-0.3, -0.25) is 4.57 Å². The molecule has 0 radical (unpaired) electrons. The Morgan fingerprint density at radius 3 is 2.84 bits per heavy atom. The lowest BCUT2D eigenvalue weighted by atomic mass is 10.2. The molecule has 3 aromatic rings. The second-order valence-electron chi connectivity index (χ2n) is 7.03. The first-order chi connectivity index (χ1) is 11.9. The number of aliphatic hydroxyl groups is 1. The van der Waals surface area contributed by atoms with Gasteiger partial charge >= 0.3 is 0 Å². The van der Waals surface area contributed by atoms with Crippen LogP contribution in [0, 0.1) is 0 Å². The third-order valence-corrected chi connectivity index (χ3v) is 4.23. The summed E-state index contributed by atoms with van der Waals surface area (Å²) in [5.41, 5.74) is 0.991. The Hall–Kier alpha value is -2.18. The minimum atomic E-state index is -0.919. The van der Waals surface area contributed by atoms with Crippen LogP contribution >= 0.6 is 11.6 Å². The molecule has 0 spiro atoms. The van der Waals surface area contributed by atoms with Crippen LogP contribution in [0.2, 0.25) is 5.28 Å². The molecule has 4 rings (SSSR count). The summed E-state index contributed by atoms with van der Waals surface area (Å²) in [4.78, 5) is 13.1. The molecule has 7 heteroatoms. The average Bonchev–Trinajstić information content (AvgIpc) is 3.33. The maximum atomic E-state index is 9.84. The van der Waals surface area contributed by atoms with Crippen molar-refractivity contribution in [2.45, 2.75) is 38.2 Å². The predicted octanol–water partition coefficient (Wildman–Crippen LogP) is 3.50. The van der Waals surface area contributed by atoms with E-state index in [1.807, 2.05) is 16.7 Å². The second-order valence-corrected chi connectivity index (χ2v) is 7.37. The summed E-state index contributed by atoms with van der Waals surface area (Å²) in [5.74, 6) is 1.69. The Balaban J connectivity index is 1.78. The van der Waals surface area contributed by atoms with Crippen LogP contribution in [-0.2, 0) is 0 Å². The minimum Gasteiger partial charge on any atom is -0.475 e. The first-order valence-electron chi connectivity index (χ1n) is 8.27. The van der Waals surface area contributed by atoms with Crippen molar-refractivity contribution in [2.24, 2.45) is 0 Å². The minimum absolute atomic E-state index is 0.166.